The second kappa shape index (κ2) is 4.65. The molecule has 1 aliphatic carbocycles. The van der Waals surface area contributed by atoms with E-state index in [0.29, 0.717) is 18.2 Å². The zero-order valence-electron chi connectivity index (χ0n) is 9.32. The highest BCUT2D eigenvalue weighted by Crippen LogP contribution is 2.27. The topological polar surface area (TPSA) is 84.1 Å². The van der Waals surface area contributed by atoms with E-state index in [2.05, 4.69) is 15.3 Å². The Labute approximate surface area is 95.1 Å². The van der Waals surface area contributed by atoms with E-state index in [0.717, 1.165) is 25.7 Å². The average Bonchev–Trinajstić information content (AvgIpc) is 2.29. The van der Waals surface area contributed by atoms with Gasteiger partial charge in [-0.25, -0.2) is 9.97 Å². The molecule has 0 spiro atoms. The van der Waals surface area contributed by atoms with Gasteiger partial charge in [-0.15, -0.1) is 0 Å². The number of nitrogens with two attached hydrogens (primary N) is 1. The average molecular weight is 222 g/mol. The molecule has 0 aliphatic heterocycles. The maximum absolute atomic E-state index is 10.2. The quantitative estimate of drug-likeness (QED) is 0.715. The summed E-state index contributed by atoms with van der Waals surface area (Å²) in [5.41, 5.74) is 5.44. The van der Waals surface area contributed by atoms with Crippen LogP contribution in [0.5, 0.6) is 0 Å². The van der Waals surface area contributed by atoms with Gasteiger partial charge in [0.2, 0.25) is 5.95 Å². The molecular weight excluding hydrogens is 204 g/mol. The van der Waals surface area contributed by atoms with E-state index >= 15 is 0 Å². The number of aliphatic hydroxyl groups is 1. The molecule has 88 valence electrons. The van der Waals surface area contributed by atoms with Crippen molar-refractivity contribution in [3.63, 3.8) is 0 Å². The lowest BCUT2D eigenvalue weighted by atomic mass is 9.85. The summed E-state index contributed by atoms with van der Waals surface area (Å²) in [6, 6.07) is 0. The minimum Gasteiger partial charge on any atom is -0.396 e. The van der Waals surface area contributed by atoms with Crippen LogP contribution < -0.4 is 11.1 Å². The van der Waals surface area contributed by atoms with Gasteiger partial charge in [0.1, 0.15) is 0 Å². The summed E-state index contributed by atoms with van der Waals surface area (Å²) in [5.74, 6) is 0.521. The fourth-order valence-corrected chi connectivity index (χ4v) is 2.06. The summed E-state index contributed by atoms with van der Waals surface area (Å²) >= 11 is 0. The Morgan fingerprint density at radius 1 is 1.25 bits per heavy atom. The maximum atomic E-state index is 10.2. The second-order valence-corrected chi connectivity index (χ2v) is 4.48. The van der Waals surface area contributed by atoms with Gasteiger partial charge in [-0.1, -0.05) is 19.3 Å². The molecule has 1 fully saturated rings. The van der Waals surface area contributed by atoms with Crippen LogP contribution in [-0.2, 0) is 0 Å². The third kappa shape index (κ3) is 2.82. The molecule has 0 bridgehead atoms. The molecule has 1 aromatic rings. The number of aromatic nitrogens is 2. The highest BCUT2D eigenvalue weighted by molar-refractivity contribution is 5.36. The third-order valence-electron chi connectivity index (χ3n) is 3.03. The number of nitrogen functional groups attached to an aromatic ring is 1. The van der Waals surface area contributed by atoms with Gasteiger partial charge >= 0.3 is 0 Å². The lowest BCUT2D eigenvalue weighted by Gasteiger charge is -2.32. The van der Waals surface area contributed by atoms with Gasteiger partial charge in [-0.3, -0.25) is 0 Å². The van der Waals surface area contributed by atoms with E-state index in [9.17, 15) is 5.11 Å². The Morgan fingerprint density at radius 2 is 1.88 bits per heavy atom. The minimum atomic E-state index is -0.594. The monoisotopic (exact) mass is 222 g/mol. The first-order valence-electron chi connectivity index (χ1n) is 5.72. The number of anilines is 2. The van der Waals surface area contributed by atoms with Crippen molar-refractivity contribution >= 4 is 11.6 Å². The first-order chi connectivity index (χ1) is 7.68. The zero-order valence-corrected chi connectivity index (χ0v) is 9.32. The molecular formula is C11H18N4O. The molecule has 1 aromatic heterocycles. The van der Waals surface area contributed by atoms with Crippen LogP contribution in [-0.4, -0.2) is 27.2 Å². The highest BCUT2D eigenvalue weighted by atomic mass is 16.3. The first-order valence-corrected chi connectivity index (χ1v) is 5.72. The fourth-order valence-electron chi connectivity index (χ4n) is 2.06. The predicted octanol–water partition coefficient (Wildman–Crippen LogP) is 1.17. The lowest BCUT2D eigenvalue weighted by molar-refractivity contribution is 0.0166. The lowest BCUT2D eigenvalue weighted by Crippen LogP contribution is -2.39. The number of nitrogens with one attached hydrogen (secondary N) is 1. The smallest absolute Gasteiger partial charge is 0.222 e. The normalized spacial score (nSPS) is 19.3. The SMILES string of the molecule is Nc1cnc(NCC2(O)CCCCC2)nc1. The van der Waals surface area contributed by atoms with Crippen LogP contribution in [0.25, 0.3) is 0 Å². The van der Waals surface area contributed by atoms with Crippen molar-refractivity contribution in [3.8, 4) is 0 Å². The molecule has 1 aliphatic rings. The molecule has 1 saturated carbocycles. The Morgan fingerprint density at radius 3 is 2.50 bits per heavy atom. The standard InChI is InChI=1S/C11H18N4O/c12-9-6-13-10(14-7-9)15-8-11(16)4-2-1-3-5-11/h6-7,16H,1-5,8,12H2,(H,13,14,15). The van der Waals surface area contributed by atoms with Crippen LogP contribution in [0.4, 0.5) is 11.6 Å². The third-order valence-corrected chi connectivity index (χ3v) is 3.03. The summed E-state index contributed by atoms with van der Waals surface area (Å²) < 4.78 is 0. The summed E-state index contributed by atoms with van der Waals surface area (Å²) in [6.45, 7) is 0.511. The van der Waals surface area contributed by atoms with Crippen molar-refractivity contribution < 1.29 is 5.11 Å². The molecule has 2 rings (SSSR count). The van der Waals surface area contributed by atoms with Crippen LogP contribution in [0.15, 0.2) is 12.4 Å². The van der Waals surface area contributed by atoms with Gasteiger partial charge in [0.15, 0.2) is 0 Å². The Bertz CT molecular complexity index is 332. The molecule has 16 heavy (non-hydrogen) atoms. The summed E-state index contributed by atoms with van der Waals surface area (Å²) in [5, 5.41) is 13.3. The van der Waals surface area contributed by atoms with Crippen molar-refractivity contribution in [2.24, 2.45) is 0 Å². The van der Waals surface area contributed by atoms with E-state index < -0.39 is 5.60 Å². The van der Waals surface area contributed by atoms with Gasteiger partial charge in [-0.2, -0.15) is 0 Å². The van der Waals surface area contributed by atoms with Crippen LogP contribution in [0.2, 0.25) is 0 Å². The van der Waals surface area contributed by atoms with Crippen molar-refractivity contribution in [2.75, 3.05) is 17.6 Å². The van der Waals surface area contributed by atoms with Crippen molar-refractivity contribution in [3.05, 3.63) is 12.4 Å². The summed E-state index contributed by atoms with van der Waals surface area (Å²) in [4.78, 5) is 8.07. The number of rotatable bonds is 3. The van der Waals surface area contributed by atoms with Crippen molar-refractivity contribution in [1.29, 1.82) is 0 Å². The molecule has 5 nitrogen and oxygen atoms in total. The zero-order chi connectivity index (χ0) is 11.4. The largest absolute Gasteiger partial charge is 0.396 e. The van der Waals surface area contributed by atoms with Crippen molar-refractivity contribution in [2.45, 2.75) is 37.7 Å². The van der Waals surface area contributed by atoms with Crippen LogP contribution in [0.3, 0.4) is 0 Å². The van der Waals surface area contributed by atoms with Gasteiger partial charge in [0, 0.05) is 6.54 Å². The minimum absolute atomic E-state index is 0.511. The van der Waals surface area contributed by atoms with Crippen LogP contribution >= 0.6 is 0 Å². The van der Waals surface area contributed by atoms with Gasteiger partial charge in [-0.05, 0) is 12.8 Å². The van der Waals surface area contributed by atoms with E-state index in [4.69, 9.17) is 5.73 Å². The Balaban J connectivity index is 1.88. The Kier molecular flexibility index (Phi) is 3.24. The molecule has 1 heterocycles. The van der Waals surface area contributed by atoms with Crippen molar-refractivity contribution in [1.82, 2.24) is 9.97 Å². The molecule has 4 N–H and O–H groups in total. The van der Waals surface area contributed by atoms with E-state index in [1.165, 1.54) is 6.42 Å². The molecule has 0 atom stereocenters. The molecule has 0 amide bonds. The van der Waals surface area contributed by atoms with Gasteiger partial charge < -0.3 is 16.2 Å². The first kappa shape index (κ1) is 11.1. The highest BCUT2D eigenvalue weighted by Gasteiger charge is 2.28. The summed E-state index contributed by atoms with van der Waals surface area (Å²) in [7, 11) is 0. The second-order valence-electron chi connectivity index (χ2n) is 4.48. The number of hydrogen-bond acceptors (Lipinski definition) is 5. The molecule has 0 saturated heterocycles. The van der Waals surface area contributed by atoms with Gasteiger partial charge in [0.25, 0.3) is 0 Å². The van der Waals surface area contributed by atoms with E-state index in [1.54, 1.807) is 12.4 Å². The van der Waals surface area contributed by atoms with Crippen LogP contribution in [0.1, 0.15) is 32.1 Å². The summed E-state index contributed by atoms with van der Waals surface area (Å²) in [6.07, 6.45) is 8.24. The Hall–Kier alpha value is -1.36. The number of hydrogen-bond donors (Lipinski definition) is 3. The molecule has 5 heteroatoms. The van der Waals surface area contributed by atoms with E-state index in [-0.39, 0.29) is 0 Å². The fraction of sp³-hybridized carbons (Fsp3) is 0.636. The number of nitrogens with zero attached hydrogens (tertiary/aromatic N) is 2. The molecule has 0 radical (unpaired) electrons. The van der Waals surface area contributed by atoms with Gasteiger partial charge in [0.05, 0.1) is 23.7 Å². The predicted molar refractivity (Wildman–Crippen MR) is 63.0 cm³/mol. The molecule has 0 aromatic carbocycles. The van der Waals surface area contributed by atoms with Crippen LogP contribution in [0, 0.1) is 0 Å². The maximum Gasteiger partial charge on any atom is 0.222 e. The van der Waals surface area contributed by atoms with E-state index in [1.807, 2.05) is 0 Å². The molecule has 0 unspecified atom stereocenters.